The molecule has 1 amide bonds. The van der Waals surface area contributed by atoms with Crippen molar-refractivity contribution in [3.8, 4) is 0 Å². The summed E-state index contributed by atoms with van der Waals surface area (Å²) in [5, 5.41) is 10.7. The van der Waals surface area contributed by atoms with Gasteiger partial charge >= 0.3 is 0 Å². The lowest BCUT2D eigenvalue weighted by Gasteiger charge is -2.34. The number of nitrogens with zero attached hydrogens (tertiary/aromatic N) is 3. The summed E-state index contributed by atoms with van der Waals surface area (Å²) in [5.41, 5.74) is 0.0508. The normalized spacial score (nSPS) is 13.7. The second-order valence-electron chi connectivity index (χ2n) is 6.71. The van der Waals surface area contributed by atoms with Gasteiger partial charge in [0.2, 0.25) is 0 Å². The van der Waals surface area contributed by atoms with Crippen LogP contribution in [-0.2, 0) is 0 Å². The van der Waals surface area contributed by atoms with Gasteiger partial charge in [-0.1, -0.05) is 6.07 Å². The van der Waals surface area contributed by atoms with Gasteiger partial charge in [-0.25, -0.2) is 8.78 Å². The van der Waals surface area contributed by atoms with Gasteiger partial charge in [-0.2, -0.15) is 0 Å². The van der Waals surface area contributed by atoms with Crippen LogP contribution in [0.4, 0.5) is 14.5 Å². The standard InChI is InChI=1S/C20H19F2N3O4.2ClH/c21-17-3-1-2-16(19(17)22)20(27)24-12-10-23(11-13-24)9-8-18(26)14-4-6-15(7-5-14)25(28)29;;/h1-7H,8-13H2;2*1H. The zero-order valence-electron chi connectivity index (χ0n) is 16.3. The van der Waals surface area contributed by atoms with Gasteiger partial charge in [-0.05, 0) is 24.3 Å². The van der Waals surface area contributed by atoms with Crippen molar-refractivity contribution in [2.45, 2.75) is 6.42 Å². The van der Waals surface area contributed by atoms with Crippen molar-refractivity contribution in [1.29, 1.82) is 0 Å². The first-order chi connectivity index (χ1) is 13.9. The van der Waals surface area contributed by atoms with E-state index in [0.29, 0.717) is 38.3 Å². The van der Waals surface area contributed by atoms with Crippen LogP contribution in [0.1, 0.15) is 27.1 Å². The van der Waals surface area contributed by atoms with Gasteiger partial charge in [0, 0.05) is 56.8 Å². The minimum absolute atomic E-state index is 0. The third-order valence-corrected chi connectivity index (χ3v) is 4.90. The van der Waals surface area contributed by atoms with Crippen LogP contribution in [0.25, 0.3) is 0 Å². The number of nitro benzene ring substituents is 1. The van der Waals surface area contributed by atoms with Crippen LogP contribution in [0.2, 0.25) is 0 Å². The molecule has 0 spiro atoms. The second-order valence-corrected chi connectivity index (χ2v) is 6.71. The topological polar surface area (TPSA) is 83.8 Å². The summed E-state index contributed by atoms with van der Waals surface area (Å²) in [6.45, 7) is 2.19. The number of Topliss-reactive ketones (excluding diaryl/α,β-unsaturated/α-hetero) is 1. The monoisotopic (exact) mass is 475 g/mol. The number of amides is 1. The number of rotatable bonds is 6. The number of hydrogen-bond donors (Lipinski definition) is 0. The highest BCUT2D eigenvalue weighted by molar-refractivity contribution is 5.96. The molecule has 11 heteroatoms. The lowest BCUT2D eigenvalue weighted by molar-refractivity contribution is -0.384. The number of benzene rings is 2. The number of piperazine rings is 1. The second kappa shape index (κ2) is 11.7. The zero-order chi connectivity index (χ0) is 21.0. The molecule has 0 radical (unpaired) electrons. The van der Waals surface area contributed by atoms with Crippen molar-refractivity contribution in [2.24, 2.45) is 0 Å². The molecule has 0 N–H and O–H groups in total. The van der Waals surface area contributed by atoms with Crippen LogP contribution in [0, 0.1) is 21.7 Å². The number of carbonyl (C=O) groups excluding carboxylic acids is 2. The molecule has 1 fully saturated rings. The van der Waals surface area contributed by atoms with Crippen LogP contribution in [-0.4, -0.2) is 59.1 Å². The maximum absolute atomic E-state index is 13.8. The Morgan fingerprint density at radius 2 is 1.58 bits per heavy atom. The molecule has 1 aliphatic heterocycles. The lowest BCUT2D eigenvalue weighted by Crippen LogP contribution is -2.49. The van der Waals surface area contributed by atoms with Crippen LogP contribution < -0.4 is 0 Å². The summed E-state index contributed by atoms with van der Waals surface area (Å²) < 4.78 is 27.1. The van der Waals surface area contributed by atoms with Gasteiger partial charge in [-0.3, -0.25) is 24.6 Å². The average molecular weight is 476 g/mol. The lowest BCUT2D eigenvalue weighted by atomic mass is 10.1. The van der Waals surface area contributed by atoms with E-state index in [1.165, 1.54) is 41.3 Å². The van der Waals surface area contributed by atoms with Crippen molar-refractivity contribution < 1.29 is 23.3 Å². The van der Waals surface area contributed by atoms with E-state index < -0.39 is 22.5 Å². The van der Waals surface area contributed by atoms with Crippen LogP contribution in [0.15, 0.2) is 42.5 Å². The zero-order valence-corrected chi connectivity index (χ0v) is 18.0. The van der Waals surface area contributed by atoms with Gasteiger partial charge in [-0.15, -0.1) is 24.8 Å². The van der Waals surface area contributed by atoms with E-state index >= 15 is 0 Å². The van der Waals surface area contributed by atoms with Crippen molar-refractivity contribution in [3.63, 3.8) is 0 Å². The fourth-order valence-corrected chi connectivity index (χ4v) is 3.19. The van der Waals surface area contributed by atoms with E-state index in [1.807, 2.05) is 4.90 Å². The van der Waals surface area contributed by atoms with Crippen molar-refractivity contribution in [3.05, 3.63) is 75.3 Å². The number of halogens is 4. The van der Waals surface area contributed by atoms with Gasteiger partial charge in [0.15, 0.2) is 17.4 Å². The average Bonchev–Trinajstić information content (AvgIpc) is 2.74. The highest BCUT2D eigenvalue weighted by Gasteiger charge is 2.25. The molecule has 1 saturated heterocycles. The Balaban J connectivity index is 0.00000240. The summed E-state index contributed by atoms with van der Waals surface area (Å²) >= 11 is 0. The molecule has 7 nitrogen and oxygen atoms in total. The van der Waals surface area contributed by atoms with Crippen LogP contribution in [0.5, 0.6) is 0 Å². The third-order valence-electron chi connectivity index (χ3n) is 4.90. The number of non-ortho nitro benzene ring substituents is 1. The van der Waals surface area contributed by atoms with Crippen molar-refractivity contribution in [1.82, 2.24) is 9.80 Å². The van der Waals surface area contributed by atoms with E-state index in [9.17, 15) is 28.5 Å². The number of hydrogen-bond acceptors (Lipinski definition) is 5. The van der Waals surface area contributed by atoms with E-state index in [1.54, 1.807) is 0 Å². The summed E-state index contributed by atoms with van der Waals surface area (Å²) in [4.78, 5) is 38.3. The first-order valence-electron chi connectivity index (χ1n) is 9.10. The smallest absolute Gasteiger partial charge is 0.269 e. The number of carbonyl (C=O) groups is 2. The minimum atomic E-state index is -1.14. The summed E-state index contributed by atoms with van der Waals surface area (Å²) in [5.74, 6) is -2.88. The molecule has 2 aromatic rings. The Hall–Kier alpha value is -2.62. The largest absolute Gasteiger partial charge is 0.336 e. The van der Waals surface area contributed by atoms with Crippen LogP contribution >= 0.6 is 24.8 Å². The molecule has 0 atom stereocenters. The molecule has 1 aliphatic rings. The Morgan fingerprint density at radius 3 is 2.16 bits per heavy atom. The Bertz CT molecular complexity index is 937. The Kier molecular flexibility index (Phi) is 9.96. The Labute approximate surface area is 190 Å². The van der Waals surface area contributed by atoms with Crippen molar-refractivity contribution in [2.75, 3.05) is 32.7 Å². The van der Waals surface area contributed by atoms with Gasteiger partial charge in [0.05, 0.1) is 10.5 Å². The fraction of sp³-hybridized carbons (Fsp3) is 0.300. The molecule has 0 saturated carbocycles. The van der Waals surface area contributed by atoms with E-state index in [2.05, 4.69) is 0 Å². The molecule has 2 aromatic carbocycles. The van der Waals surface area contributed by atoms with Gasteiger partial charge in [0.25, 0.3) is 11.6 Å². The molecule has 0 unspecified atom stereocenters. The number of nitro groups is 1. The van der Waals surface area contributed by atoms with Crippen LogP contribution in [0.3, 0.4) is 0 Å². The third kappa shape index (κ3) is 6.43. The highest BCUT2D eigenvalue weighted by atomic mass is 35.5. The van der Waals surface area contributed by atoms with Gasteiger partial charge in [0.1, 0.15) is 0 Å². The Morgan fingerprint density at radius 1 is 0.968 bits per heavy atom. The molecule has 31 heavy (non-hydrogen) atoms. The molecular formula is C20H21Cl2F2N3O4. The predicted octanol–water partition coefficient (Wildman–Crippen LogP) is 3.75. The van der Waals surface area contributed by atoms with E-state index in [4.69, 9.17) is 0 Å². The fourth-order valence-electron chi connectivity index (χ4n) is 3.19. The summed E-state index contributed by atoms with van der Waals surface area (Å²) in [6, 6.07) is 8.98. The maximum Gasteiger partial charge on any atom is 0.269 e. The molecular weight excluding hydrogens is 455 g/mol. The first-order valence-corrected chi connectivity index (χ1v) is 9.10. The molecule has 0 aliphatic carbocycles. The summed E-state index contributed by atoms with van der Waals surface area (Å²) in [6.07, 6.45) is 0.240. The molecule has 0 aromatic heterocycles. The minimum Gasteiger partial charge on any atom is -0.336 e. The van der Waals surface area contributed by atoms with E-state index in [-0.39, 0.29) is 48.3 Å². The first kappa shape index (κ1) is 26.4. The quantitative estimate of drug-likeness (QED) is 0.360. The molecule has 3 rings (SSSR count). The SMILES string of the molecule is Cl.Cl.O=C(CCN1CCN(C(=O)c2cccc(F)c2F)CC1)c1ccc([N+](=O)[O-])cc1. The maximum atomic E-state index is 13.8. The van der Waals surface area contributed by atoms with E-state index in [0.717, 1.165) is 6.07 Å². The summed E-state index contributed by atoms with van der Waals surface area (Å²) in [7, 11) is 0. The molecule has 1 heterocycles. The highest BCUT2D eigenvalue weighted by Crippen LogP contribution is 2.16. The molecule has 0 bridgehead atoms. The predicted molar refractivity (Wildman–Crippen MR) is 115 cm³/mol. The number of ketones is 1. The van der Waals surface area contributed by atoms with Crippen molar-refractivity contribution >= 4 is 42.2 Å². The molecule has 168 valence electrons. The van der Waals surface area contributed by atoms with Gasteiger partial charge < -0.3 is 4.90 Å².